The molecular weight excluding hydrogens is 195 g/mol. The maximum Gasteiger partial charge on any atom is 0.127 e. The van der Waals surface area contributed by atoms with Gasteiger partial charge in [0.15, 0.2) is 0 Å². The Kier molecular flexibility index (Phi) is 3.58. The van der Waals surface area contributed by atoms with Crippen LogP contribution in [0.25, 0.3) is 0 Å². The minimum absolute atomic E-state index is 0.0422. The van der Waals surface area contributed by atoms with E-state index in [1.807, 2.05) is 13.8 Å². The zero-order chi connectivity index (χ0) is 11.5. The summed E-state index contributed by atoms with van der Waals surface area (Å²) in [6, 6.07) is 4.73. The molecule has 1 aromatic carbocycles. The second kappa shape index (κ2) is 4.53. The van der Waals surface area contributed by atoms with Crippen LogP contribution in [-0.2, 0) is 16.6 Å². The summed E-state index contributed by atoms with van der Waals surface area (Å²) in [5.41, 5.74) is 0.667. The highest BCUT2D eigenvalue weighted by molar-refractivity contribution is 5.55. The number of carbonyl (C=O) groups is 1. The second-order valence-electron chi connectivity index (χ2n) is 4.22. The average molecular weight is 210 g/mol. The van der Waals surface area contributed by atoms with Crippen LogP contribution in [0.5, 0.6) is 0 Å². The van der Waals surface area contributed by atoms with Gasteiger partial charge in [0, 0.05) is 11.8 Å². The largest absolute Gasteiger partial charge is 0.395 e. The molecule has 1 rings (SSSR count). The number of benzene rings is 1. The fourth-order valence-electron chi connectivity index (χ4n) is 1.31. The molecule has 0 unspecified atom stereocenters. The molecule has 0 aromatic heterocycles. The lowest BCUT2D eigenvalue weighted by Crippen LogP contribution is -2.22. The number of aliphatic hydroxyl groups excluding tert-OH is 1. The summed E-state index contributed by atoms with van der Waals surface area (Å²) in [5, 5.41) is 9.13. The van der Waals surface area contributed by atoms with E-state index in [1.165, 1.54) is 6.07 Å². The third-order valence-corrected chi connectivity index (χ3v) is 2.53. The molecule has 0 fully saturated rings. The highest BCUT2D eigenvalue weighted by Gasteiger charge is 2.20. The lowest BCUT2D eigenvalue weighted by Gasteiger charge is -2.22. The fraction of sp³-hybridized carbons (Fsp3) is 0.417. The van der Waals surface area contributed by atoms with Gasteiger partial charge >= 0.3 is 0 Å². The summed E-state index contributed by atoms with van der Waals surface area (Å²) in [6.45, 7) is 3.63. The molecule has 0 saturated carbocycles. The zero-order valence-electron chi connectivity index (χ0n) is 8.96. The highest BCUT2D eigenvalue weighted by Crippen LogP contribution is 2.24. The van der Waals surface area contributed by atoms with E-state index in [2.05, 4.69) is 0 Å². The molecule has 0 bridgehead atoms. The number of aldehydes is 1. The first-order chi connectivity index (χ1) is 7.01. The Labute approximate surface area is 88.7 Å². The summed E-state index contributed by atoms with van der Waals surface area (Å²) < 4.78 is 13.5. The Morgan fingerprint density at radius 2 is 2.13 bits per heavy atom. The minimum Gasteiger partial charge on any atom is -0.395 e. The molecule has 0 saturated heterocycles. The summed E-state index contributed by atoms with van der Waals surface area (Å²) in [4.78, 5) is 10.3. The number of carbonyl (C=O) groups excluding carboxylic acids is 1. The van der Waals surface area contributed by atoms with Crippen LogP contribution in [0.4, 0.5) is 4.39 Å². The Morgan fingerprint density at radius 1 is 1.47 bits per heavy atom. The minimum atomic E-state index is -0.458. The molecule has 15 heavy (non-hydrogen) atoms. The fourth-order valence-corrected chi connectivity index (χ4v) is 1.31. The summed E-state index contributed by atoms with van der Waals surface area (Å²) in [5.74, 6) is -0.388. The van der Waals surface area contributed by atoms with Crippen molar-refractivity contribution >= 4 is 6.29 Å². The molecule has 0 aliphatic heterocycles. The first-order valence-electron chi connectivity index (χ1n) is 4.84. The van der Waals surface area contributed by atoms with Gasteiger partial charge in [0.05, 0.1) is 6.61 Å². The van der Waals surface area contributed by atoms with E-state index in [1.54, 1.807) is 12.1 Å². The molecule has 0 atom stereocenters. The number of aliphatic hydroxyl groups is 1. The van der Waals surface area contributed by atoms with E-state index >= 15 is 0 Å². The zero-order valence-corrected chi connectivity index (χ0v) is 8.96. The Morgan fingerprint density at radius 3 is 2.60 bits per heavy atom. The number of hydrogen-bond acceptors (Lipinski definition) is 2. The Hall–Kier alpha value is -1.22. The van der Waals surface area contributed by atoms with Crippen LogP contribution >= 0.6 is 0 Å². The number of rotatable bonds is 4. The van der Waals surface area contributed by atoms with Crippen molar-refractivity contribution in [3.8, 4) is 0 Å². The molecule has 1 aromatic rings. The van der Waals surface area contributed by atoms with Crippen LogP contribution in [0.3, 0.4) is 0 Å². The van der Waals surface area contributed by atoms with E-state index < -0.39 is 5.41 Å². The molecular formula is C12H15FO2. The van der Waals surface area contributed by atoms with Crippen LogP contribution in [0.2, 0.25) is 0 Å². The maximum absolute atomic E-state index is 13.5. The molecule has 2 nitrogen and oxygen atoms in total. The maximum atomic E-state index is 13.5. The third-order valence-electron chi connectivity index (χ3n) is 2.53. The molecule has 0 heterocycles. The van der Waals surface area contributed by atoms with Crippen molar-refractivity contribution in [1.82, 2.24) is 0 Å². The van der Waals surface area contributed by atoms with Crippen molar-refractivity contribution in [2.75, 3.05) is 6.61 Å². The van der Waals surface area contributed by atoms with Crippen LogP contribution in [0, 0.1) is 5.82 Å². The molecule has 0 spiro atoms. The molecule has 1 N–H and O–H groups in total. The molecule has 0 aliphatic carbocycles. The molecule has 3 heteroatoms. The van der Waals surface area contributed by atoms with E-state index in [0.29, 0.717) is 11.8 Å². The lowest BCUT2D eigenvalue weighted by molar-refractivity contribution is -0.107. The molecule has 0 aliphatic rings. The van der Waals surface area contributed by atoms with Gasteiger partial charge in [0.1, 0.15) is 12.1 Å². The van der Waals surface area contributed by atoms with Gasteiger partial charge in [-0.05, 0) is 17.2 Å². The van der Waals surface area contributed by atoms with E-state index in [-0.39, 0.29) is 18.8 Å². The molecule has 0 amide bonds. The van der Waals surface area contributed by atoms with Crippen molar-refractivity contribution in [2.45, 2.75) is 25.7 Å². The molecule has 82 valence electrons. The summed E-state index contributed by atoms with van der Waals surface area (Å²) in [6.07, 6.45) is 0.765. The van der Waals surface area contributed by atoms with Crippen molar-refractivity contribution in [2.24, 2.45) is 0 Å². The predicted molar refractivity (Wildman–Crippen MR) is 56.3 cm³/mol. The lowest BCUT2D eigenvalue weighted by atomic mass is 9.85. The van der Waals surface area contributed by atoms with E-state index in [4.69, 9.17) is 5.11 Å². The number of halogens is 1. The van der Waals surface area contributed by atoms with Gasteiger partial charge in [0.25, 0.3) is 0 Å². The normalized spacial score (nSPS) is 11.5. The predicted octanol–water partition coefficient (Wildman–Crippen LogP) is 1.84. The Balaban J connectivity index is 3.06. The number of hydrogen-bond donors (Lipinski definition) is 1. The van der Waals surface area contributed by atoms with E-state index in [9.17, 15) is 9.18 Å². The van der Waals surface area contributed by atoms with Crippen LogP contribution < -0.4 is 0 Å². The summed E-state index contributed by atoms with van der Waals surface area (Å²) in [7, 11) is 0. The smallest absolute Gasteiger partial charge is 0.127 e. The average Bonchev–Trinajstić information content (AvgIpc) is 2.21. The van der Waals surface area contributed by atoms with Gasteiger partial charge in [-0.15, -0.1) is 0 Å². The van der Waals surface area contributed by atoms with E-state index in [0.717, 1.165) is 5.56 Å². The molecule has 0 radical (unpaired) electrons. The van der Waals surface area contributed by atoms with Gasteiger partial charge in [-0.25, -0.2) is 4.39 Å². The highest BCUT2D eigenvalue weighted by atomic mass is 19.1. The van der Waals surface area contributed by atoms with Gasteiger partial charge in [-0.2, -0.15) is 0 Å². The topological polar surface area (TPSA) is 37.3 Å². The monoisotopic (exact) mass is 210 g/mol. The van der Waals surface area contributed by atoms with Crippen LogP contribution in [0.1, 0.15) is 25.0 Å². The van der Waals surface area contributed by atoms with Crippen molar-refractivity contribution < 1.29 is 14.3 Å². The SMILES string of the molecule is CC(C)(CO)c1ccc(CC=O)c(F)c1. The van der Waals surface area contributed by atoms with Gasteiger partial charge in [-0.3, -0.25) is 0 Å². The quantitative estimate of drug-likeness (QED) is 0.770. The second-order valence-corrected chi connectivity index (χ2v) is 4.22. The van der Waals surface area contributed by atoms with Gasteiger partial charge < -0.3 is 9.90 Å². The Bertz CT molecular complexity index is 359. The van der Waals surface area contributed by atoms with Gasteiger partial charge in [0.2, 0.25) is 0 Å². The van der Waals surface area contributed by atoms with Crippen molar-refractivity contribution in [3.63, 3.8) is 0 Å². The standard InChI is InChI=1S/C12H15FO2/c1-12(2,8-15)10-4-3-9(5-6-14)11(13)7-10/h3-4,6-7,15H,5,8H2,1-2H3. The van der Waals surface area contributed by atoms with Gasteiger partial charge in [-0.1, -0.05) is 26.0 Å². The third kappa shape index (κ3) is 2.63. The summed E-state index contributed by atoms with van der Waals surface area (Å²) >= 11 is 0. The van der Waals surface area contributed by atoms with Crippen LogP contribution in [0.15, 0.2) is 18.2 Å². The van der Waals surface area contributed by atoms with Crippen LogP contribution in [-0.4, -0.2) is 18.0 Å². The first-order valence-corrected chi connectivity index (χ1v) is 4.84. The van der Waals surface area contributed by atoms with Crippen molar-refractivity contribution in [1.29, 1.82) is 0 Å². The first kappa shape index (κ1) is 11.9. The van der Waals surface area contributed by atoms with Crippen molar-refractivity contribution in [3.05, 3.63) is 35.1 Å².